The van der Waals surface area contributed by atoms with Gasteiger partial charge in [-0.25, -0.2) is 4.98 Å². The van der Waals surface area contributed by atoms with Gasteiger partial charge in [0.2, 0.25) is 5.91 Å². The second kappa shape index (κ2) is 6.22. The number of rotatable bonds is 4. The average Bonchev–Trinajstić information content (AvgIpc) is 2.72. The zero-order valence-corrected chi connectivity index (χ0v) is 12.0. The first-order valence-corrected chi connectivity index (χ1v) is 7.48. The van der Waals surface area contributed by atoms with Gasteiger partial charge in [0.05, 0.1) is 11.4 Å². The van der Waals surface area contributed by atoms with Crippen molar-refractivity contribution in [3.8, 4) is 0 Å². The Hall–Kier alpha value is -1.04. The van der Waals surface area contributed by atoms with Crippen molar-refractivity contribution in [2.75, 3.05) is 11.1 Å². The molecule has 0 atom stereocenters. The molecule has 0 spiro atoms. The minimum Gasteiger partial charge on any atom is -0.301 e. The molecule has 6 heteroatoms. The first-order valence-electron chi connectivity index (χ1n) is 5.24. The summed E-state index contributed by atoms with van der Waals surface area (Å²) in [6.45, 7) is 1.90. The van der Waals surface area contributed by atoms with Crippen molar-refractivity contribution in [1.29, 1.82) is 0 Å². The van der Waals surface area contributed by atoms with E-state index in [1.807, 2.05) is 36.6 Å². The molecular weight excluding hydrogens is 288 g/mol. The summed E-state index contributed by atoms with van der Waals surface area (Å²) >= 11 is 8.75. The fraction of sp³-hybridized carbons (Fsp3) is 0.167. The van der Waals surface area contributed by atoms with E-state index in [0.717, 1.165) is 10.6 Å². The number of hydrogen-bond acceptors (Lipinski definition) is 4. The van der Waals surface area contributed by atoms with Gasteiger partial charge in [-0.2, -0.15) is 0 Å². The van der Waals surface area contributed by atoms with Crippen molar-refractivity contribution >= 4 is 45.7 Å². The number of hydrogen-bond donors (Lipinski definition) is 1. The van der Waals surface area contributed by atoms with Crippen molar-refractivity contribution in [1.82, 2.24) is 4.98 Å². The van der Waals surface area contributed by atoms with E-state index in [2.05, 4.69) is 10.3 Å². The van der Waals surface area contributed by atoms with E-state index in [4.69, 9.17) is 11.6 Å². The quantitative estimate of drug-likeness (QED) is 0.872. The molecule has 94 valence electrons. The van der Waals surface area contributed by atoms with Crippen LogP contribution in [0.1, 0.15) is 5.69 Å². The summed E-state index contributed by atoms with van der Waals surface area (Å²) < 4.78 is 0. The Morgan fingerprint density at radius 3 is 3.06 bits per heavy atom. The molecule has 0 saturated carbocycles. The van der Waals surface area contributed by atoms with Gasteiger partial charge in [0.1, 0.15) is 0 Å². The second-order valence-corrected chi connectivity index (χ2v) is 5.93. The summed E-state index contributed by atoms with van der Waals surface area (Å²) in [5.41, 5.74) is 0.915. The number of carbonyl (C=O) groups is 1. The van der Waals surface area contributed by atoms with Crippen LogP contribution in [0.4, 0.5) is 5.13 Å². The Morgan fingerprint density at radius 2 is 2.39 bits per heavy atom. The summed E-state index contributed by atoms with van der Waals surface area (Å²) in [7, 11) is 0. The Morgan fingerprint density at radius 1 is 1.56 bits per heavy atom. The zero-order chi connectivity index (χ0) is 13.0. The van der Waals surface area contributed by atoms with Crippen LogP contribution in [0.3, 0.4) is 0 Å². The summed E-state index contributed by atoms with van der Waals surface area (Å²) in [6.07, 6.45) is 0. The van der Waals surface area contributed by atoms with Gasteiger partial charge < -0.3 is 5.32 Å². The number of anilines is 1. The van der Waals surface area contributed by atoms with Crippen LogP contribution in [0, 0.1) is 6.92 Å². The number of nitrogens with zero attached hydrogens (tertiary/aromatic N) is 1. The largest absolute Gasteiger partial charge is 0.301 e. The summed E-state index contributed by atoms with van der Waals surface area (Å²) in [5.74, 6) is 0.285. The van der Waals surface area contributed by atoms with Gasteiger partial charge in [-0.1, -0.05) is 17.7 Å². The van der Waals surface area contributed by atoms with Gasteiger partial charge in [-0.05, 0) is 25.1 Å². The molecule has 0 radical (unpaired) electrons. The monoisotopic (exact) mass is 298 g/mol. The number of thioether (sulfide) groups is 1. The third-order valence-corrected chi connectivity index (χ3v) is 4.14. The number of aryl methyl sites for hydroxylation is 1. The molecule has 0 aliphatic carbocycles. The van der Waals surface area contributed by atoms with Crippen LogP contribution in [0.25, 0.3) is 0 Å². The fourth-order valence-electron chi connectivity index (χ4n) is 1.27. The molecule has 1 aromatic carbocycles. The van der Waals surface area contributed by atoms with Gasteiger partial charge in [0.15, 0.2) is 5.13 Å². The molecule has 1 heterocycles. The molecule has 1 N–H and O–H groups in total. The number of aromatic nitrogens is 1. The molecule has 0 aliphatic heterocycles. The van der Waals surface area contributed by atoms with Crippen LogP contribution in [-0.4, -0.2) is 16.6 Å². The van der Waals surface area contributed by atoms with Gasteiger partial charge in [0, 0.05) is 15.3 Å². The van der Waals surface area contributed by atoms with Crippen molar-refractivity contribution < 1.29 is 4.79 Å². The summed E-state index contributed by atoms with van der Waals surface area (Å²) in [4.78, 5) is 16.8. The maximum atomic E-state index is 11.7. The lowest BCUT2D eigenvalue weighted by molar-refractivity contribution is -0.113. The molecular formula is C12H11ClN2OS2. The molecule has 0 saturated heterocycles. The molecule has 0 unspecified atom stereocenters. The van der Waals surface area contributed by atoms with Crippen LogP contribution in [0.5, 0.6) is 0 Å². The van der Waals surface area contributed by atoms with Gasteiger partial charge in [-0.15, -0.1) is 23.1 Å². The molecule has 0 fully saturated rings. The lowest BCUT2D eigenvalue weighted by Gasteiger charge is -2.02. The lowest BCUT2D eigenvalue weighted by Crippen LogP contribution is -2.13. The average molecular weight is 299 g/mol. The number of amides is 1. The van der Waals surface area contributed by atoms with Gasteiger partial charge >= 0.3 is 0 Å². The van der Waals surface area contributed by atoms with Crippen LogP contribution in [-0.2, 0) is 4.79 Å². The Kier molecular flexibility index (Phi) is 4.63. The third-order valence-electron chi connectivity index (χ3n) is 2.03. The summed E-state index contributed by atoms with van der Waals surface area (Å²) in [5, 5.41) is 5.98. The fourth-order valence-corrected chi connectivity index (χ4v) is 2.99. The van der Waals surface area contributed by atoms with Crippen molar-refractivity contribution in [2.24, 2.45) is 0 Å². The van der Waals surface area contributed by atoms with E-state index >= 15 is 0 Å². The topological polar surface area (TPSA) is 42.0 Å². The lowest BCUT2D eigenvalue weighted by atomic mass is 10.4. The Bertz CT molecular complexity index is 557. The van der Waals surface area contributed by atoms with Crippen LogP contribution >= 0.6 is 34.7 Å². The normalized spacial score (nSPS) is 10.3. The van der Waals surface area contributed by atoms with Crippen LogP contribution in [0.2, 0.25) is 5.02 Å². The van der Waals surface area contributed by atoms with Crippen molar-refractivity contribution in [3.05, 3.63) is 40.4 Å². The van der Waals surface area contributed by atoms with E-state index in [9.17, 15) is 4.79 Å². The molecule has 0 bridgehead atoms. The van der Waals surface area contributed by atoms with Crippen molar-refractivity contribution in [3.63, 3.8) is 0 Å². The van der Waals surface area contributed by atoms with Crippen LogP contribution in [0.15, 0.2) is 34.5 Å². The molecule has 1 aromatic heterocycles. The second-order valence-electron chi connectivity index (χ2n) is 3.59. The molecule has 18 heavy (non-hydrogen) atoms. The number of thiazole rings is 1. The molecule has 2 rings (SSSR count). The maximum Gasteiger partial charge on any atom is 0.236 e. The van der Waals surface area contributed by atoms with E-state index in [0.29, 0.717) is 15.9 Å². The van der Waals surface area contributed by atoms with E-state index in [-0.39, 0.29) is 5.91 Å². The van der Waals surface area contributed by atoms with E-state index in [1.54, 1.807) is 0 Å². The highest BCUT2D eigenvalue weighted by atomic mass is 35.5. The maximum absolute atomic E-state index is 11.7. The SMILES string of the molecule is Cc1csc(NC(=O)CSc2cccc(Cl)c2)n1. The highest BCUT2D eigenvalue weighted by Crippen LogP contribution is 2.22. The standard InChI is InChI=1S/C12H11ClN2OS2/c1-8-6-18-12(14-8)15-11(16)7-17-10-4-2-3-9(13)5-10/h2-6H,7H2,1H3,(H,14,15,16). The number of carbonyl (C=O) groups excluding carboxylic acids is 1. The predicted molar refractivity (Wildman–Crippen MR) is 77.7 cm³/mol. The highest BCUT2D eigenvalue weighted by Gasteiger charge is 2.06. The zero-order valence-electron chi connectivity index (χ0n) is 9.64. The smallest absolute Gasteiger partial charge is 0.236 e. The summed E-state index contributed by atoms with van der Waals surface area (Å²) in [6, 6.07) is 7.45. The van der Waals surface area contributed by atoms with E-state index < -0.39 is 0 Å². The van der Waals surface area contributed by atoms with E-state index in [1.165, 1.54) is 23.1 Å². The number of nitrogens with one attached hydrogen (secondary N) is 1. The molecule has 2 aromatic rings. The highest BCUT2D eigenvalue weighted by molar-refractivity contribution is 8.00. The number of benzene rings is 1. The first kappa shape index (κ1) is 13.4. The molecule has 0 aliphatic rings. The number of halogens is 1. The van der Waals surface area contributed by atoms with Crippen molar-refractivity contribution in [2.45, 2.75) is 11.8 Å². The van der Waals surface area contributed by atoms with Gasteiger partial charge in [-0.3, -0.25) is 4.79 Å². The van der Waals surface area contributed by atoms with Crippen LogP contribution < -0.4 is 5.32 Å². The Balaban J connectivity index is 1.85. The minimum atomic E-state index is -0.0608. The van der Waals surface area contributed by atoms with Gasteiger partial charge in [0.25, 0.3) is 0 Å². The predicted octanol–water partition coefficient (Wildman–Crippen LogP) is 3.84. The first-order chi connectivity index (χ1) is 8.63. The Labute approximate surface area is 119 Å². The third kappa shape index (κ3) is 4.01. The molecule has 1 amide bonds. The molecule has 3 nitrogen and oxygen atoms in total. The minimum absolute atomic E-state index is 0.0608.